The van der Waals surface area contributed by atoms with Crippen LogP contribution in [0.5, 0.6) is 0 Å². The molecule has 2 nitrogen and oxygen atoms in total. The first-order valence-corrected chi connectivity index (χ1v) is 7.16. The van der Waals surface area contributed by atoms with Gasteiger partial charge in [-0.05, 0) is 17.2 Å². The first kappa shape index (κ1) is 13.1. The molecule has 0 aliphatic rings. The van der Waals surface area contributed by atoms with Gasteiger partial charge in [-0.25, -0.2) is 9.97 Å². The second-order valence-electron chi connectivity index (χ2n) is 4.77. The van der Waals surface area contributed by atoms with Gasteiger partial charge in [0, 0.05) is 11.1 Å². The highest BCUT2D eigenvalue weighted by Gasteiger charge is 2.13. The molecule has 0 atom stereocenters. The minimum atomic E-state index is 0.560. The van der Waals surface area contributed by atoms with Crippen LogP contribution >= 0.6 is 11.6 Å². The van der Waals surface area contributed by atoms with Crippen molar-refractivity contribution >= 4 is 22.4 Å². The quantitative estimate of drug-likeness (QED) is 0.638. The van der Waals surface area contributed by atoms with Crippen LogP contribution in [-0.2, 0) is 6.42 Å². The largest absolute Gasteiger partial charge is 0.236 e. The van der Waals surface area contributed by atoms with Crippen LogP contribution in [0.15, 0.2) is 48.8 Å². The van der Waals surface area contributed by atoms with Crippen molar-refractivity contribution in [3.8, 4) is 11.3 Å². The summed E-state index contributed by atoms with van der Waals surface area (Å²) in [4.78, 5) is 8.60. The molecule has 0 saturated heterocycles. The maximum absolute atomic E-state index is 6.26. The Bertz CT molecular complexity index is 748. The van der Waals surface area contributed by atoms with Crippen molar-refractivity contribution in [2.24, 2.45) is 0 Å². The fourth-order valence-corrected chi connectivity index (χ4v) is 2.75. The van der Waals surface area contributed by atoms with Crippen LogP contribution in [0.25, 0.3) is 22.0 Å². The minimum absolute atomic E-state index is 0.560. The smallest absolute Gasteiger partial charge is 0.136 e. The topological polar surface area (TPSA) is 25.8 Å². The Kier molecular flexibility index (Phi) is 3.66. The molecular weight excluding hydrogens is 268 g/mol. The summed E-state index contributed by atoms with van der Waals surface area (Å²) >= 11 is 6.26. The molecule has 3 aromatic rings. The van der Waals surface area contributed by atoms with Crippen LogP contribution < -0.4 is 0 Å². The molecule has 100 valence electrons. The van der Waals surface area contributed by atoms with Gasteiger partial charge in [-0.15, -0.1) is 0 Å². The maximum atomic E-state index is 6.26. The lowest BCUT2D eigenvalue weighted by Gasteiger charge is -2.11. The Morgan fingerprint density at radius 3 is 2.65 bits per heavy atom. The van der Waals surface area contributed by atoms with E-state index in [1.165, 1.54) is 10.8 Å². The van der Waals surface area contributed by atoms with Gasteiger partial charge in [-0.1, -0.05) is 67.4 Å². The summed E-state index contributed by atoms with van der Waals surface area (Å²) in [6.07, 6.45) is 3.45. The first-order valence-electron chi connectivity index (χ1n) is 6.78. The van der Waals surface area contributed by atoms with Crippen molar-refractivity contribution in [3.63, 3.8) is 0 Å². The van der Waals surface area contributed by atoms with Crippen LogP contribution in [-0.4, -0.2) is 9.97 Å². The fourth-order valence-electron chi connectivity index (χ4n) is 2.53. The zero-order valence-corrected chi connectivity index (χ0v) is 12.1. The highest BCUT2D eigenvalue weighted by molar-refractivity contribution is 6.30. The van der Waals surface area contributed by atoms with Crippen molar-refractivity contribution in [2.45, 2.75) is 19.8 Å². The standard InChI is InChI=1S/C17H15ClN2/c1-2-6-15-16(19-11-20-17(15)18)14-10-5-8-12-7-3-4-9-13(12)14/h3-5,7-11H,2,6H2,1H3. The lowest BCUT2D eigenvalue weighted by molar-refractivity contribution is 0.904. The Balaban J connectivity index is 2.28. The van der Waals surface area contributed by atoms with Crippen LogP contribution in [0.4, 0.5) is 0 Å². The first-order chi connectivity index (χ1) is 9.81. The van der Waals surface area contributed by atoms with Crippen molar-refractivity contribution in [1.29, 1.82) is 0 Å². The van der Waals surface area contributed by atoms with Gasteiger partial charge in [-0.2, -0.15) is 0 Å². The lowest BCUT2D eigenvalue weighted by Crippen LogP contribution is -1.97. The molecule has 0 aliphatic carbocycles. The monoisotopic (exact) mass is 282 g/mol. The molecule has 0 bridgehead atoms. The second kappa shape index (κ2) is 5.59. The predicted molar refractivity (Wildman–Crippen MR) is 84.0 cm³/mol. The molecule has 3 heteroatoms. The lowest BCUT2D eigenvalue weighted by atomic mass is 9.98. The number of rotatable bonds is 3. The van der Waals surface area contributed by atoms with E-state index in [4.69, 9.17) is 11.6 Å². The van der Waals surface area contributed by atoms with Gasteiger partial charge < -0.3 is 0 Å². The van der Waals surface area contributed by atoms with Gasteiger partial charge in [0.25, 0.3) is 0 Å². The van der Waals surface area contributed by atoms with Crippen LogP contribution in [0.3, 0.4) is 0 Å². The third-order valence-corrected chi connectivity index (χ3v) is 3.76. The molecular formula is C17H15ClN2. The summed E-state index contributed by atoms with van der Waals surface area (Å²) in [5, 5.41) is 2.97. The fraction of sp³-hybridized carbons (Fsp3) is 0.176. The normalized spacial score (nSPS) is 10.9. The molecule has 0 saturated carbocycles. The van der Waals surface area contributed by atoms with Gasteiger partial charge in [0.2, 0.25) is 0 Å². The van der Waals surface area contributed by atoms with Crippen molar-refractivity contribution in [1.82, 2.24) is 9.97 Å². The second-order valence-corrected chi connectivity index (χ2v) is 5.13. The number of hydrogen-bond acceptors (Lipinski definition) is 2. The van der Waals surface area contributed by atoms with E-state index in [2.05, 4.69) is 47.2 Å². The van der Waals surface area contributed by atoms with E-state index in [1.807, 2.05) is 12.1 Å². The zero-order chi connectivity index (χ0) is 13.9. The zero-order valence-electron chi connectivity index (χ0n) is 11.3. The molecule has 0 amide bonds. The third-order valence-electron chi connectivity index (χ3n) is 3.44. The Morgan fingerprint density at radius 1 is 1.00 bits per heavy atom. The number of fused-ring (bicyclic) bond motifs is 1. The highest BCUT2D eigenvalue weighted by Crippen LogP contribution is 2.32. The summed E-state index contributed by atoms with van der Waals surface area (Å²) in [7, 11) is 0. The molecule has 3 rings (SSSR count). The number of aromatic nitrogens is 2. The van der Waals surface area contributed by atoms with Crippen LogP contribution in [0.2, 0.25) is 5.15 Å². The van der Waals surface area contributed by atoms with E-state index >= 15 is 0 Å². The summed E-state index contributed by atoms with van der Waals surface area (Å²) in [5.41, 5.74) is 3.10. The van der Waals surface area contributed by atoms with Crippen molar-refractivity contribution in [2.75, 3.05) is 0 Å². The average Bonchev–Trinajstić information content (AvgIpc) is 2.49. The maximum Gasteiger partial charge on any atom is 0.136 e. The molecule has 20 heavy (non-hydrogen) atoms. The van der Waals surface area contributed by atoms with E-state index in [0.29, 0.717) is 5.15 Å². The molecule has 1 heterocycles. The molecule has 1 aromatic heterocycles. The minimum Gasteiger partial charge on any atom is -0.236 e. The van der Waals surface area contributed by atoms with E-state index in [0.717, 1.165) is 29.7 Å². The van der Waals surface area contributed by atoms with E-state index in [1.54, 1.807) is 6.33 Å². The molecule has 2 aromatic carbocycles. The molecule has 0 radical (unpaired) electrons. The van der Waals surface area contributed by atoms with Gasteiger partial charge >= 0.3 is 0 Å². The molecule has 0 aliphatic heterocycles. The summed E-state index contributed by atoms with van der Waals surface area (Å²) in [6.45, 7) is 2.14. The van der Waals surface area contributed by atoms with Crippen LogP contribution in [0.1, 0.15) is 18.9 Å². The van der Waals surface area contributed by atoms with Crippen molar-refractivity contribution in [3.05, 3.63) is 59.5 Å². The molecule has 0 fully saturated rings. The number of benzene rings is 2. The Hall–Kier alpha value is -1.93. The Labute approximate surface area is 123 Å². The van der Waals surface area contributed by atoms with Gasteiger partial charge in [0.1, 0.15) is 11.5 Å². The number of hydrogen-bond donors (Lipinski definition) is 0. The Morgan fingerprint density at radius 2 is 1.80 bits per heavy atom. The molecule has 0 spiro atoms. The van der Waals surface area contributed by atoms with Gasteiger partial charge in [-0.3, -0.25) is 0 Å². The number of halogens is 1. The van der Waals surface area contributed by atoms with E-state index < -0.39 is 0 Å². The third kappa shape index (κ3) is 2.27. The van der Waals surface area contributed by atoms with E-state index in [9.17, 15) is 0 Å². The molecule has 0 N–H and O–H groups in total. The number of nitrogens with zero attached hydrogens (tertiary/aromatic N) is 2. The van der Waals surface area contributed by atoms with Gasteiger partial charge in [0.15, 0.2) is 0 Å². The average molecular weight is 283 g/mol. The van der Waals surface area contributed by atoms with Crippen LogP contribution in [0, 0.1) is 0 Å². The summed E-state index contributed by atoms with van der Waals surface area (Å²) in [6, 6.07) is 14.6. The van der Waals surface area contributed by atoms with Gasteiger partial charge in [0.05, 0.1) is 5.69 Å². The summed E-state index contributed by atoms with van der Waals surface area (Å²) < 4.78 is 0. The van der Waals surface area contributed by atoms with E-state index in [-0.39, 0.29) is 0 Å². The predicted octanol–water partition coefficient (Wildman–Crippen LogP) is 4.90. The highest BCUT2D eigenvalue weighted by atomic mass is 35.5. The SMILES string of the molecule is CCCc1c(Cl)ncnc1-c1cccc2ccccc12. The molecule has 0 unspecified atom stereocenters. The van der Waals surface area contributed by atoms with Crippen molar-refractivity contribution < 1.29 is 0 Å². The summed E-state index contributed by atoms with van der Waals surface area (Å²) in [5.74, 6) is 0.